The summed E-state index contributed by atoms with van der Waals surface area (Å²) in [7, 11) is 3.11. The monoisotopic (exact) mass is 584 g/mol. The highest BCUT2D eigenvalue weighted by Gasteiger charge is 2.27. The van der Waals surface area contributed by atoms with E-state index in [9.17, 15) is 19.8 Å². The summed E-state index contributed by atoms with van der Waals surface area (Å²) in [4.78, 5) is 42.1. The maximum atomic E-state index is 12.0. The van der Waals surface area contributed by atoms with E-state index in [1.54, 1.807) is 75.7 Å². The van der Waals surface area contributed by atoms with E-state index >= 15 is 0 Å². The zero-order valence-corrected chi connectivity index (χ0v) is 24.0. The standard InChI is InChI=1S/C29H28N8O6/c1-15-14-22(36-26(19-8-12-21(43-5)13-9-19)32-23(34-36)16(2)27(38)39)31-29(30-15)37-25(17(3)28(40)41)33-24(35-37)18-6-10-20(42-4)11-7-18/h6-14,16-17H,1-5H3,(H,38,39)(H,40,41). The predicted octanol–water partition coefficient (Wildman–Crippen LogP) is 3.67. The first-order valence-corrected chi connectivity index (χ1v) is 13.1. The minimum absolute atomic E-state index is 0.0503. The van der Waals surface area contributed by atoms with Crippen LogP contribution in [0.3, 0.4) is 0 Å². The molecule has 0 saturated carbocycles. The number of carbonyl (C=O) groups is 2. The molecule has 5 aromatic rings. The van der Waals surface area contributed by atoms with Gasteiger partial charge in [0.1, 0.15) is 29.2 Å². The Hall–Kier alpha value is -5.66. The minimum Gasteiger partial charge on any atom is -0.497 e. The Morgan fingerprint density at radius 2 is 1.33 bits per heavy atom. The molecule has 5 rings (SSSR count). The average Bonchev–Trinajstić information content (AvgIpc) is 3.66. The number of hydrogen-bond acceptors (Lipinski definition) is 10. The number of ether oxygens (including phenoxy) is 2. The molecule has 0 spiro atoms. The van der Waals surface area contributed by atoms with E-state index in [1.807, 2.05) is 0 Å². The van der Waals surface area contributed by atoms with Crippen LogP contribution in [0.15, 0.2) is 54.6 Å². The summed E-state index contributed by atoms with van der Waals surface area (Å²) in [6, 6.07) is 15.7. The van der Waals surface area contributed by atoms with Crippen LogP contribution in [0.1, 0.15) is 43.0 Å². The molecule has 0 aliphatic carbocycles. The number of rotatable bonds is 10. The quantitative estimate of drug-likeness (QED) is 0.243. The molecule has 3 aromatic heterocycles. The van der Waals surface area contributed by atoms with Crippen molar-refractivity contribution in [1.82, 2.24) is 39.5 Å². The number of aromatic nitrogens is 8. The molecule has 3 heterocycles. The van der Waals surface area contributed by atoms with Crippen molar-refractivity contribution in [1.29, 1.82) is 0 Å². The van der Waals surface area contributed by atoms with Crippen molar-refractivity contribution in [3.05, 3.63) is 71.9 Å². The van der Waals surface area contributed by atoms with Crippen molar-refractivity contribution >= 4 is 11.9 Å². The molecule has 2 atom stereocenters. The maximum absolute atomic E-state index is 12.0. The lowest BCUT2D eigenvalue weighted by Crippen LogP contribution is -2.17. The van der Waals surface area contributed by atoms with Gasteiger partial charge >= 0.3 is 11.9 Å². The molecule has 2 unspecified atom stereocenters. The second kappa shape index (κ2) is 11.7. The molecule has 0 amide bonds. The maximum Gasteiger partial charge on any atom is 0.314 e. The first kappa shape index (κ1) is 28.9. The average molecular weight is 585 g/mol. The first-order valence-electron chi connectivity index (χ1n) is 13.1. The van der Waals surface area contributed by atoms with Crippen LogP contribution in [0.4, 0.5) is 0 Å². The highest BCUT2D eigenvalue weighted by Crippen LogP contribution is 2.27. The largest absolute Gasteiger partial charge is 0.497 e. The number of carboxylic acid groups (broad SMARTS) is 2. The fraction of sp³-hybridized carbons (Fsp3) is 0.241. The van der Waals surface area contributed by atoms with Crippen molar-refractivity contribution in [3.8, 4) is 46.0 Å². The van der Waals surface area contributed by atoms with Crippen molar-refractivity contribution in [2.45, 2.75) is 32.6 Å². The van der Waals surface area contributed by atoms with Crippen molar-refractivity contribution in [3.63, 3.8) is 0 Å². The van der Waals surface area contributed by atoms with E-state index in [0.717, 1.165) is 0 Å². The molecule has 0 radical (unpaired) electrons. The molecule has 220 valence electrons. The second-order valence-electron chi connectivity index (χ2n) is 9.66. The van der Waals surface area contributed by atoms with Gasteiger partial charge in [0.05, 0.1) is 14.2 Å². The van der Waals surface area contributed by atoms with E-state index < -0.39 is 23.8 Å². The second-order valence-corrected chi connectivity index (χ2v) is 9.66. The number of nitrogens with zero attached hydrogens (tertiary/aromatic N) is 8. The molecule has 0 bridgehead atoms. The Labute approximate surface area is 245 Å². The smallest absolute Gasteiger partial charge is 0.314 e. The Balaban J connectivity index is 1.68. The van der Waals surface area contributed by atoms with E-state index in [4.69, 9.17) is 9.47 Å². The van der Waals surface area contributed by atoms with Crippen molar-refractivity contribution in [2.75, 3.05) is 14.2 Å². The van der Waals surface area contributed by atoms with E-state index in [2.05, 4.69) is 30.1 Å². The van der Waals surface area contributed by atoms with Crippen molar-refractivity contribution < 1.29 is 29.3 Å². The SMILES string of the molecule is COc1ccc(-c2nc(C(C)C(=O)O)n(-c3nc(C)cc(-n4nc(C(C)C(=O)O)nc4-c4ccc(OC)cc4)n3)n2)cc1. The molecule has 14 nitrogen and oxygen atoms in total. The van der Waals surface area contributed by atoms with Crippen LogP contribution < -0.4 is 9.47 Å². The van der Waals surface area contributed by atoms with Gasteiger partial charge in [-0.3, -0.25) is 9.59 Å². The van der Waals surface area contributed by atoms with E-state index in [0.29, 0.717) is 34.1 Å². The minimum atomic E-state index is -1.10. The lowest BCUT2D eigenvalue weighted by molar-refractivity contribution is -0.139. The van der Waals surface area contributed by atoms with Gasteiger partial charge in [0.2, 0.25) is 0 Å². The Morgan fingerprint density at radius 1 is 0.744 bits per heavy atom. The molecular weight excluding hydrogens is 556 g/mol. The lowest BCUT2D eigenvalue weighted by Gasteiger charge is -2.11. The molecule has 0 aliphatic rings. The van der Waals surface area contributed by atoms with Gasteiger partial charge in [-0.25, -0.2) is 15.0 Å². The summed E-state index contributed by atoms with van der Waals surface area (Å²) in [5.41, 5.74) is 1.79. The summed E-state index contributed by atoms with van der Waals surface area (Å²) in [6.07, 6.45) is 0. The molecule has 0 saturated heterocycles. The number of carboxylic acids is 2. The van der Waals surface area contributed by atoms with E-state index in [1.165, 1.54) is 23.2 Å². The number of aliphatic carboxylic acids is 2. The highest BCUT2D eigenvalue weighted by molar-refractivity contribution is 5.75. The third-order valence-corrected chi connectivity index (χ3v) is 6.70. The lowest BCUT2D eigenvalue weighted by atomic mass is 10.1. The van der Waals surface area contributed by atoms with Crippen LogP contribution in [-0.4, -0.2) is 75.9 Å². The summed E-state index contributed by atoms with van der Waals surface area (Å²) < 4.78 is 13.2. The highest BCUT2D eigenvalue weighted by atomic mass is 16.5. The first-order chi connectivity index (χ1) is 20.6. The molecule has 0 aliphatic heterocycles. The van der Waals surface area contributed by atoms with Gasteiger partial charge in [0.15, 0.2) is 23.3 Å². The Kier molecular flexibility index (Phi) is 7.84. The van der Waals surface area contributed by atoms with Gasteiger partial charge < -0.3 is 19.7 Å². The van der Waals surface area contributed by atoms with Gasteiger partial charge in [0, 0.05) is 22.9 Å². The van der Waals surface area contributed by atoms with Crippen LogP contribution in [0.5, 0.6) is 11.5 Å². The Bertz CT molecular complexity index is 1800. The topological polar surface area (TPSA) is 180 Å². The predicted molar refractivity (Wildman–Crippen MR) is 153 cm³/mol. The van der Waals surface area contributed by atoms with Gasteiger partial charge in [-0.05, 0) is 69.3 Å². The van der Waals surface area contributed by atoms with E-state index in [-0.39, 0.29) is 29.2 Å². The summed E-state index contributed by atoms with van der Waals surface area (Å²) in [5, 5.41) is 28.5. The van der Waals surface area contributed by atoms with Crippen LogP contribution in [0, 0.1) is 6.92 Å². The number of benzene rings is 2. The molecule has 0 fully saturated rings. The zero-order chi connectivity index (χ0) is 30.8. The molecule has 2 aromatic carbocycles. The van der Waals surface area contributed by atoms with Gasteiger partial charge in [-0.15, -0.1) is 10.2 Å². The van der Waals surface area contributed by atoms with Crippen LogP contribution in [0.2, 0.25) is 0 Å². The fourth-order valence-corrected chi connectivity index (χ4v) is 4.17. The Morgan fingerprint density at radius 3 is 1.88 bits per heavy atom. The normalized spacial score (nSPS) is 12.5. The number of hydrogen-bond donors (Lipinski definition) is 2. The summed E-state index contributed by atoms with van der Waals surface area (Å²) >= 11 is 0. The third-order valence-electron chi connectivity index (χ3n) is 6.70. The van der Waals surface area contributed by atoms with Crippen LogP contribution in [-0.2, 0) is 9.59 Å². The molecule has 43 heavy (non-hydrogen) atoms. The molecular formula is C29H28N8O6. The zero-order valence-electron chi connectivity index (χ0n) is 24.0. The van der Waals surface area contributed by atoms with Gasteiger partial charge in [-0.2, -0.15) is 14.3 Å². The van der Waals surface area contributed by atoms with Crippen LogP contribution in [0.25, 0.3) is 34.5 Å². The summed E-state index contributed by atoms with van der Waals surface area (Å²) in [5.74, 6) is -1.83. The van der Waals surface area contributed by atoms with Gasteiger partial charge in [0.25, 0.3) is 5.95 Å². The summed E-state index contributed by atoms with van der Waals surface area (Å²) in [6.45, 7) is 4.73. The van der Waals surface area contributed by atoms with Crippen LogP contribution >= 0.6 is 0 Å². The van der Waals surface area contributed by atoms with Gasteiger partial charge in [-0.1, -0.05) is 0 Å². The fourth-order valence-electron chi connectivity index (χ4n) is 4.17. The number of aryl methyl sites for hydroxylation is 1. The number of methoxy groups -OCH3 is 2. The third kappa shape index (κ3) is 5.75. The van der Waals surface area contributed by atoms with Crippen molar-refractivity contribution in [2.24, 2.45) is 0 Å². The molecule has 2 N–H and O–H groups in total. The molecule has 14 heteroatoms.